The van der Waals surface area contributed by atoms with Gasteiger partial charge in [0.2, 0.25) is 0 Å². The maximum Gasteiger partial charge on any atom is 0.253 e. The lowest BCUT2D eigenvalue weighted by Crippen LogP contribution is -2.46. The lowest BCUT2D eigenvalue weighted by molar-refractivity contribution is -0.0503. The molecule has 0 saturated carbocycles. The van der Waals surface area contributed by atoms with Crippen molar-refractivity contribution in [1.82, 2.24) is 15.3 Å². The number of carbonyl (C=O) groups excluding carboxylic acids is 1. The van der Waals surface area contributed by atoms with Gasteiger partial charge in [-0.25, -0.2) is 9.37 Å². The first-order chi connectivity index (χ1) is 15.7. The Kier molecular flexibility index (Phi) is 7.88. The third-order valence-electron chi connectivity index (χ3n) is 5.89. The second-order valence-electron chi connectivity index (χ2n) is 8.98. The van der Waals surface area contributed by atoms with Crippen LogP contribution in [-0.2, 0) is 15.2 Å². The van der Waals surface area contributed by atoms with Gasteiger partial charge in [0.25, 0.3) is 5.91 Å². The van der Waals surface area contributed by atoms with E-state index in [9.17, 15) is 9.18 Å². The van der Waals surface area contributed by atoms with Crippen LogP contribution < -0.4 is 10.1 Å². The number of amides is 1. The number of methoxy groups -OCH3 is 2. The van der Waals surface area contributed by atoms with Crippen molar-refractivity contribution < 1.29 is 23.4 Å². The average molecular weight is 474 g/mol. The lowest BCUT2D eigenvalue weighted by atomic mass is 10.0. The zero-order valence-electron chi connectivity index (χ0n) is 19.8. The van der Waals surface area contributed by atoms with Crippen molar-refractivity contribution in [3.05, 3.63) is 59.7 Å². The zero-order valence-corrected chi connectivity index (χ0v) is 20.8. The lowest BCUT2D eigenvalue weighted by Gasteiger charge is -2.33. The molecular weight excluding hydrogens is 441 g/mol. The van der Waals surface area contributed by atoms with Crippen LogP contribution >= 0.6 is 0 Å². The monoisotopic (exact) mass is 473 g/mol. The summed E-state index contributed by atoms with van der Waals surface area (Å²) in [6.07, 6.45) is 1.58. The van der Waals surface area contributed by atoms with E-state index < -0.39 is 19.6 Å². The molecule has 3 aromatic rings. The van der Waals surface area contributed by atoms with Crippen LogP contribution in [0.2, 0.25) is 25.2 Å². The minimum absolute atomic E-state index is 0.0882. The summed E-state index contributed by atoms with van der Waals surface area (Å²) in [5, 5.41) is 3.00. The summed E-state index contributed by atoms with van der Waals surface area (Å²) >= 11 is 0. The fourth-order valence-electron chi connectivity index (χ4n) is 3.55. The summed E-state index contributed by atoms with van der Waals surface area (Å²) in [5.41, 5.74) is 1.41. The Hall–Kier alpha value is -2.75. The number of hydrogen-bond donors (Lipinski definition) is 2. The second-order valence-corrected chi connectivity index (χ2v) is 14.3. The Balaban J connectivity index is 1.84. The number of nitrogens with zero attached hydrogens (tertiary/aromatic N) is 1. The first-order valence-corrected chi connectivity index (χ1v) is 14.3. The molecule has 0 fully saturated rings. The predicted molar refractivity (Wildman–Crippen MR) is 129 cm³/mol. The van der Waals surface area contributed by atoms with Crippen molar-refractivity contribution >= 4 is 25.0 Å². The van der Waals surface area contributed by atoms with Gasteiger partial charge in [0.15, 0.2) is 17.3 Å². The highest BCUT2D eigenvalue weighted by Gasteiger charge is 2.32. The molecule has 0 radical (unpaired) electrons. The van der Waals surface area contributed by atoms with Gasteiger partial charge in [-0.15, -0.1) is 0 Å². The molecule has 0 spiro atoms. The van der Waals surface area contributed by atoms with Gasteiger partial charge in [-0.2, -0.15) is 0 Å². The number of benzene rings is 2. The van der Waals surface area contributed by atoms with Gasteiger partial charge in [-0.3, -0.25) is 4.79 Å². The number of rotatable bonds is 11. The summed E-state index contributed by atoms with van der Waals surface area (Å²) in [4.78, 5) is 20.4. The van der Waals surface area contributed by atoms with Crippen molar-refractivity contribution in [3.63, 3.8) is 0 Å². The molecule has 0 aliphatic heterocycles. The molecule has 0 aliphatic carbocycles. The Morgan fingerprint density at radius 3 is 2.64 bits per heavy atom. The minimum Gasteiger partial charge on any atom is -0.494 e. The van der Waals surface area contributed by atoms with E-state index in [0.29, 0.717) is 17.7 Å². The van der Waals surface area contributed by atoms with Gasteiger partial charge in [0, 0.05) is 31.5 Å². The number of aromatic amines is 1. The number of hydrogen-bond acceptors (Lipinski definition) is 5. The van der Waals surface area contributed by atoms with E-state index >= 15 is 0 Å². The largest absolute Gasteiger partial charge is 0.494 e. The molecule has 1 amide bonds. The normalized spacial score (nSPS) is 13.6. The van der Waals surface area contributed by atoms with Crippen molar-refractivity contribution in [2.24, 2.45) is 0 Å². The Morgan fingerprint density at radius 1 is 1.15 bits per heavy atom. The fourth-order valence-corrected chi connectivity index (χ4v) is 5.21. The summed E-state index contributed by atoms with van der Waals surface area (Å²) in [7, 11) is 1.57. The molecule has 0 aliphatic rings. The number of imidazole rings is 1. The summed E-state index contributed by atoms with van der Waals surface area (Å²) < 4.78 is 30.7. The summed E-state index contributed by atoms with van der Waals surface area (Å²) in [6, 6.07) is 11.6. The molecule has 178 valence electrons. The van der Waals surface area contributed by atoms with Crippen LogP contribution in [0.4, 0.5) is 4.39 Å². The van der Waals surface area contributed by atoms with Gasteiger partial charge in [0.1, 0.15) is 0 Å². The van der Waals surface area contributed by atoms with E-state index in [1.807, 2.05) is 0 Å². The molecule has 1 atom stereocenters. The molecule has 9 heteroatoms. The van der Waals surface area contributed by atoms with Gasteiger partial charge >= 0.3 is 0 Å². The number of aromatic nitrogens is 2. The van der Waals surface area contributed by atoms with Crippen molar-refractivity contribution in [3.8, 4) is 5.75 Å². The quantitative estimate of drug-likeness (QED) is 0.312. The van der Waals surface area contributed by atoms with Gasteiger partial charge in [-0.05, 0) is 49.3 Å². The van der Waals surface area contributed by atoms with Crippen LogP contribution in [-0.4, -0.2) is 51.4 Å². The number of ether oxygens (including phenoxy) is 3. The summed E-state index contributed by atoms with van der Waals surface area (Å²) in [5.74, 6) is -0.703. The van der Waals surface area contributed by atoms with E-state index in [4.69, 9.17) is 14.2 Å². The smallest absolute Gasteiger partial charge is 0.253 e. The third kappa shape index (κ3) is 6.19. The molecule has 33 heavy (non-hydrogen) atoms. The van der Waals surface area contributed by atoms with Crippen LogP contribution in [0.3, 0.4) is 0 Å². The van der Waals surface area contributed by atoms with Crippen molar-refractivity contribution in [2.75, 3.05) is 27.4 Å². The highest BCUT2D eigenvalue weighted by Crippen LogP contribution is 2.29. The van der Waals surface area contributed by atoms with E-state index in [1.165, 1.54) is 13.2 Å². The van der Waals surface area contributed by atoms with E-state index in [2.05, 4.69) is 28.4 Å². The summed E-state index contributed by atoms with van der Waals surface area (Å²) in [6.45, 7) is 7.51. The first kappa shape index (κ1) is 24.9. The molecule has 2 aromatic carbocycles. The molecule has 0 saturated heterocycles. The molecule has 1 unspecified atom stereocenters. The van der Waals surface area contributed by atoms with E-state index in [1.54, 1.807) is 50.7 Å². The number of carbonyl (C=O) groups is 1. The predicted octanol–water partition coefficient (Wildman–Crippen LogP) is 4.68. The van der Waals surface area contributed by atoms with E-state index in [-0.39, 0.29) is 11.7 Å². The molecular formula is C24H32FN3O4Si. The maximum absolute atomic E-state index is 14.1. The fraction of sp³-hybridized carbons (Fsp3) is 0.417. The molecule has 2 N–H and O–H groups in total. The minimum atomic E-state index is -1.54. The topological polar surface area (TPSA) is 85.5 Å². The maximum atomic E-state index is 14.1. The molecule has 1 aromatic heterocycles. The highest BCUT2D eigenvalue weighted by atomic mass is 28.3. The molecule has 7 nitrogen and oxygen atoms in total. The zero-order chi connectivity index (χ0) is 24.1. The van der Waals surface area contributed by atoms with Crippen LogP contribution in [0.1, 0.15) is 22.8 Å². The van der Waals surface area contributed by atoms with Crippen LogP contribution in [0.5, 0.6) is 5.75 Å². The van der Waals surface area contributed by atoms with Gasteiger partial charge < -0.3 is 24.5 Å². The number of nitrogens with one attached hydrogen (secondary N) is 2. The number of fused-ring (bicyclic) bond motifs is 1. The van der Waals surface area contributed by atoms with Crippen LogP contribution in [0.15, 0.2) is 42.7 Å². The van der Waals surface area contributed by atoms with E-state index in [0.717, 1.165) is 29.7 Å². The van der Waals surface area contributed by atoms with Crippen molar-refractivity contribution in [2.45, 2.75) is 37.8 Å². The standard InChI is InChI=1S/C24H32FN3O4Si/c1-24(18-7-8-19(25)22(15-18)31-3,32-11-13-33(4,5)12-10-30-2)28-23(29)17-6-9-20-21(14-17)27-16-26-20/h6-9,14-16H,10-13H2,1-5H3,(H,26,27)(H,28,29). The second kappa shape index (κ2) is 10.5. The molecule has 0 bridgehead atoms. The van der Waals surface area contributed by atoms with Gasteiger partial charge in [-0.1, -0.05) is 19.2 Å². The SMILES string of the molecule is COCC[Si](C)(C)CCOC(C)(NC(=O)c1ccc2nc[nH]c2c1)c1ccc(F)c(OC)c1. The number of halogens is 1. The van der Waals surface area contributed by atoms with Crippen LogP contribution in [0, 0.1) is 5.82 Å². The van der Waals surface area contributed by atoms with Crippen molar-refractivity contribution in [1.29, 1.82) is 0 Å². The Labute approximate surface area is 194 Å². The van der Waals surface area contributed by atoms with Crippen LogP contribution in [0.25, 0.3) is 11.0 Å². The molecule has 3 rings (SSSR count). The molecule has 1 heterocycles. The Morgan fingerprint density at radius 2 is 1.91 bits per heavy atom. The van der Waals surface area contributed by atoms with Gasteiger partial charge in [0.05, 0.1) is 32.5 Å². The number of H-pyrrole nitrogens is 1. The highest BCUT2D eigenvalue weighted by molar-refractivity contribution is 6.77. The third-order valence-corrected chi connectivity index (χ3v) is 9.00. The first-order valence-electron chi connectivity index (χ1n) is 10.9. The Bertz CT molecular complexity index is 1100. The average Bonchev–Trinajstić information content (AvgIpc) is 3.25.